The maximum absolute atomic E-state index is 13.4. The molecule has 1 rings (SSSR count). The number of nitrogens with two attached hydrogens (primary N) is 1. The van der Waals surface area contributed by atoms with Crippen molar-refractivity contribution in [2.75, 3.05) is 11.1 Å². The van der Waals surface area contributed by atoms with Gasteiger partial charge in [-0.1, -0.05) is 20.8 Å². The predicted molar refractivity (Wildman–Crippen MR) is 76.1 cm³/mol. The van der Waals surface area contributed by atoms with Crippen LogP contribution in [-0.4, -0.2) is 6.04 Å². The molecule has 0 bridgehead atoms. The van der Waals surface area contributed by atoms with E-state index in [0.29, 0.717) is 14.9 Å². The second-order valence-electron chi connectivity index (χ2n) is 5.09. The maximum Gasteiger partial charge on any atom is 0.138 e. The molecule has 0 aliphatic carbocycles. The van der Waals surface area contributed by atoms with Gasteiger partial charge in [0.05, 0.1) is 14.9 Å². The Morgan fingerprint density at radius 1 is 1.38 bits per heavy atom. The van der Waals surface area contributed by atoms with Crippen molar-refractivity contribution in [3.05, 3.63) is 21.5 Å². The Bertz CT molecular complexity index is 385. The fraction of sp³-hybridized carbons (Fsp3) is 0.500. The van der Waals surface area contributed by atoms with E-state index in [1.165, 1.54) is 6.07 Å². The number of hydrogen-bond donors (Lipinski definition) is 2. The summed E-state index contributed by atoms with van der Waals surface area (Å²) in [5, 5.41) is 3.25. The molecule has 0 saturated carbocycles. The van der Waals surface area contributed by atoms with Gasteiger partial charge in [0.15, 0.2) is 0 Å². The molecule has 0 aliphatic heterocycles. The summed E-state index contributed by atoms with van der Waals surface area (Å²) < 4.78 is 13.9. The Labute approximate surface area is 110 Å². The summed E-state index contributed by atoms with van der Waals surface area (Å²) in [6.45, 7) is 8.45. The zero-order valence-corrected chi connectivity index (χ0v) is 12.2. The van der Waals surface area contributed by atoms with Gasteiger partial charge >= 0.3 is 0 Å². The first kappa shape index (κ1) is 13.5. The molecule has 1 aromatic rings. The third-order valence-corrected chi connectivity index (χ3v) is 3.59. The van der Waals surface area contributed by atoms with E-state index in [0.717, 1.165) is 0 Å². The zero-order chi connectivity index (χ0) is 12.5. The van der Waals surface area contributed by atoms with Gasteiger partial charge in [-0.2, -0.15) is 0 Å². The monoisotopic (exact) mass is 336 g/mol. The summed E-state index contributed by atoms with van der Waals surface area (Å²) in [6.07, 6.45) is 0. The molecule has 0 aromatic heterocycles. The molecule has 90 valence electrons. The highest BCUT2D eigenvalue weighted by molar-refractivity contribution is 14.1. The van der Waals surface area contributed by atoms with Crippen LogP contribution in [0.3, 0.4) is 0 Å². The van der Waals surface area contributed by atoms with Gasteiger partial charge in [0.25, 0.3) is 0 Å². The molecule has 16 heavy (non-hydrogen) atoms. The van der Waals surface area contributed by atoms with E-state index in [4.69, 9.17) is 5.73 Å². The lowest BCUT2D eigenvalue weighted by Crippen LogP contribution is -2.31. The quantitative estimate of drug-likeness (QED) is 0.636. The molecular weight excluding hydrogens is 318 g/mol. The molecule has 2 nitrogen and oxygen atoms in total. The van der Waals surface area contributed by atoms with E-state index in [-0.39, 0.29) is 17.3 Å². The van der Waals surface area contributed by atoms with Gasteiger partial charge in [-0.3, -0.25) is 0 Å². The zero-order valence-electron chi connectivity index (χ0n) is 10.1. The van der Waals surface area contributed by atoms with E-state index in [1.807, 2.05) is 22.6 Å². The van der Waals surface area contributed by atoms with E-state index in [1.54, 1.807) is 6.07 Å². The summed E-state index contributed by atoms with van der Waals surface area (Å²) in [4.78, 5) is 0. The molecule has 3 N–H and O–H groups in total. The van der Waals surface area contributed by atoms with E-state index < -0.39 is 0 Å². The van der Waals surface area contributed by atoms with Gasteiger partial charge in [0.1, 0.15) is 5.82 Å². The Morgan fingerprint density at radius 3 is 2.44 bits per heavy atom. The lowest BCUT2D eigenvalue weighted by molar-refractivity contribution is 0.359. The molecule has 0 aliphatic rings. The number of halogens is 2. The average molecular weight is 336 g/mol. The smallest absolute Gasteiger partial charge is 0.138 e. The summed E-state index contributed by atoms with van der Waals surface area (Å²) in [7, 11) is 0. The molecule has 0 saturated heterocycles. The van der Waals surface area contributed by atoms with Crippen molar-refractivity contribution < 1.29 is 4.39 Å². The second kappa shape index (κ2) is 4.77. The normalized spacial score (nSPS) is 13.6. The molecule has 0 spiro atoms. The van der Waals surface area contributed by atoms with Crippen molar-refractivity contribution in [3.63, 3.8) is 0 Å². The minimum atomic E-state index is -0.238. The van der Waals surface area contributed by atoms with Crippen LogP contribution in [0.1, 0.15) is 27.7 Å². The lowest BCUT2D eigenvalue weighted by Gasteiger charge is -2.29. The number of benzene rings is 1. The standard InChI is InChI=1S/C12H18FIN2/c1-7(12(2,3)4)16-11-5-8(13)9(14)6-10(11)15/h5-7,16H,15H2,1-4H3. The minimum absolute atomic E-state index is 0.103. The van der Waals surface area contributed by atoms with Crippen molar-refractivity contribution in [1.29, 1.82) is 0 Å². The third kappa shape index (κ3) is 3.23. The van der Waals surface area contributed by atoms with Crippen LogP contribution in [0.25, 0.3) is 0 Å². The first-order valence-electron chi connectivity index (χ1n) is 5.23. The van der Waals surface area contributed by atoms with Crippen molar-refractivity contribution in [2.24, 2.45) is 5.41 Å². The van der Waals surface area contributed by atoms with Crippen molar-refractivity contribution >= 4 is 34.0 Å². The fourth-order valence-corrected chi connectivity index (χ4v) is 1.63. The maximum atomic E-state index is 13.4. The summed E-state index contributed by atoms with van der Waals surface area (Å²) in [5.74, 6) is -0.238. The van der Waals surface area contributed by atoms with Crippen LogP contribution in [0.5, 0.6) is 0 Å². The molecule has 1 unspecified atom stereocenters. The topological polar surface area (TPSA) is 38.0 Å². The van der Waals surface area contributed by atoms with Gasteiger partial charge < -0.3 is 11.1 Å². The van der Waals surface area contributed by atoms with Crippen molar-refractivity contribution in [3.8, 4) is 0 Å². The first-order chi connectivity index (χ1) is 7.21. The molecule has 4 heteroatoms. The number of hydrogen-bond acceptors (Lipinski definition) is 2. The SMILES string of the molecule is CC(Nc1cc(F)c(I)cc1N)C(C)(C)C. The van der Waals surface area contributed by atoms with Crippen LogP contribution in [-0.2, 0) is 0 Å². The van der Waals surface area contributed by atoms with Crippen molar-refractivity contribution in [1.82, 2.24) is 0 Å². The number of nitrogen functional groups attached to an aromatic ring is 1. The molecule has 0 heterocycles. The van der Waals surface area contributed by atoms with E-state index in [2.05, 4.69) is 33.0 Å². The molecule has 1 atom stereocenters. The van der Waals surface area contributed by atoms with Crippen LogP contribution < -0.4 is 11.1 Å². The summed E-state index contributed by atoms with van der Waals surface area (Å²) >= 11 is 1.93. The van der Waals surface area contributed by atoms with E-state index in [9.17, 15) is 4.39 Å². The van der Waals surface area contributed by atoms with Crippen LogP contribution in [0.2, 0.25) is 0 Å². The molecular formula is C12H18FIN2. The second-order valence-corrected chi connectivity index (χ2v) is 6.25. The molecule has 0 fully saturated rings. The predicted octanol–water partition coefficient (Wildman–Crippen LogP) is 3.86. The molecule has 1 aromatic carbocycles. The Morgan fingerprint density at radius 2 is 1.94 bits per heavy atom. The number of rotatable bonds is 2. The third-order valence-electron chi connectivity index (χ3n) is 2.76. The first-order valence-corrected chi connectivity index (χ1v) is 6.30. The minimum Gasteiger partial charge on any atom is -0.397 e. The van der Waals surface area contributed by atoms with Crippen LogP contribution in [0.4, 0.5) is 15.8 Å². The van der Waals surface area contributed by atoms with Gasteiger partial charge in [-0.15, -0.1) is 0 Å². The highest BCUT2D eigenvalue weighted by atomic mass is 127. The van der Waals surface area contributed by atoms with Crippen molar-refractivity contribution in [2.45, 2.75) is 33.7 Å². The van der Waals surface area contributed by atoms with E-state index >= 15 is 0 Å². The summed E-state index contributed by atoms with van der Waals surface area (Å²) in [5.41, 5.74) is 7.20. The molecule has 0 amide bonds. The number of nitrogens with one attached hydrogen (secondary N) is 1. The van der Waals surface area contributed by atoms with Gasteiger partial charge in [-0.25, -0.2) is 4.39 Å². The average Bonchev–Trinajstić information content (AvgIpc) is 2.12. The van der Waals surface area contributed by atoms with Gasteiger partial charge in [0, 0.05) is 12.1 Å². The Balaban J connectivity index is 2.94. The highest BCUT2D eigenvalue weighted by Crippen LogP contribution is 2.28. The van der Waals surface area contributed by atoms with Gasteiger partial charge in [0.2, 0.25) is 0 Å². The van der Waals surface area contributed by atoms with Crippen LogP contribution >= 0.6 is 22.6 Å². The Kier molecular flexibility index (Phi) is 4.04. The van der Waals surface area contributed by atoms with Crippen LogP contribution in [0, 0.1) is 14.8 Å². The fourth-order valence-electron chi connectivity index (χ4n) is 1.14. The van der Waals surface area contributed by atoms with Gasteiger partial charge in [-0.05, 0) is 41.0 Å². The lowest BCUT2D eigenvalue weighted by atomic mass is 9.88. The number of anilines is 2. The molecule has 0 radical (unpaired) electrons. The largest absolute Gasteiger partial charge is 0.397 e. The Hall–Kier alpha value is -0.520. The highest BCUT2D eigenvalue weighted by Gasteiger charge is 2.20. The summed E-state index contributed by atoms with van der Waals surface area (Å²) in [6, 6.07) is 3.32. The van der Waals surface area contributed by atoms with Crippen LogP contribution in [0.15, 0.2) is 12.1 Å².